The fourth-order valence-electron chi connectivity index (χ4n) is 1.93. The molecule has 0 spiro atoms. The smallest absolute Gasteiger partial charge is 0.340 e. The lowest BCUT2D eigenvalue weighted by Crippen LogP contribution is -2.08. The predicted molar refractivity (Wildman–Crippen MR) is 77.2 cm³/mol. The van der Waals surface area contributed by atoms with Crippen molar-refractivity contribution < 1.29 is 9.90 Å². The molecule has 5 heteroatoms. The van der Waals surface area contributed by atoms with Crippen molar-refractivity contribution >= 4 is 22.5 Å². The van der Waals surface area contributed by atoms with Crippen LogP contribution in [0.25, 0.3) is 0 Å². The lowest BCUT2D eigenvalue weighted by molar-refractivity contribution is 0.0697. The molecule has 0 amide bonds. The Balaban J connectivity index is 1.98. The first-order chi connectivity index (χ1) is 9.08. The average Bonchev–Trinajstić information content (AvgIpc) is 2.71. The minimum atomic E-state index is -0.927. The number of anilines is 1. The Bertz CT molecular complexity index is 593. The first kappa shape index (κ1) is 13.5. The maximum atomic E-state index is 11.1. The number of hydrogen-bond acceptors (Lipinski definition) is 4. The van der Waals surface area contributed by atoms with Gasteiger partial charge in [-0.15, -0.1) is 0 Å². The summed E-state index contributed by atoms with van der Waals surface area (Å²) in [6, 6.07) is 8.30. The molecule has 100 valence electrons. The molecule has 4 nitrogen and oxygen atoms in total. The fraction of sp³-hybridized carbons (Fsp3) is 0.286. The number of carboxylic acid groups (broad SMARTS) is 1. The molecule has 0 bridgehead atoms. The third-order valence-electron chi connectivity index (χ3n) is 2.86. The fourth-order valence-corrected chi connectivity index (χ4v) is 2.74. The Labute approximate surface area is 116 Å². The van der Waals surface area contributed by atoms with Gasteiger partial charge in [-0.3, -0.25) is 0 Å². The molecule has 1 aromatic carbocycles. The highest BCUT2D eigenvalue weighted by atomic mass is 32.1. The minimum Gasteiger partial charge on any atom is -0.478 e. The third kappa shape index (κ3) is 3.32. The number of nitrogens with one attached hydrogen (secondary N) is 1. The number of hydrogen-bond donors (Lipinski definition) is 2. The van der Waals surface area contributed by atoms with Crippen LogP contribution in [0.5, 0.6) is 0 Å². The summed E-state index contributed by atoms with van der Waals surface area (Å²) in [5.74, 6) is -0.927. The van der Waals surface area contributed by atoms with Gasteiger partial charge >= 0.3 is 5.97 Å². The molecule has 2 rings (SSSR count). The van der Waals surface area contributed by atoms with Crippen LogP contribution in [0, 0.1) is 13.8 Å². The molecule has 1 heterocycles. The highest BCUT2D eigenvalue weighted by Crippen LogP contribution is 2.24. The van der Waals surface area contributed by atoms with Crippen molar-refractivity contribution in [1.82, 2.24) is 4.37 Å². The second-order valence-corrected chi connectivity index (χ2v) is 5.22. The molecule has 2 aromatic rings. The summed E-state index contributed by atoms with van der Waals surface area (Å²) in [6.07, 6.45) is 0.859. The number of aromatic carboxylic acids is 1. The van der Waals surface area contributed by atoms with E-state index in [0.29, 0.717) is 17.2 Å². The monoisotopic (exact) mass is 276 g/mol. The lowest BCUT2D eigenvalue weighted by atomic mass is 10.1. The Hall–Kier alpha value is -1.88. The van der Waals surface area contributed by atoms with Gasteiger partial charge in [0.15, 0.2) is 0 Å². The molecule has 0 unspecified atom stereocenters. The van der Waals surface area contributed by atoms with Crippen molar-refractivity contribution in [3.05, 3.63) is 46.6 Å². The van der Waals surface area contributed by atoms with Crippen LogP contribution >= 0.6 is 11.5 Å². The quantitative estimate of drug-likeness (QED) is 0.880. The highest BCUT2D eigenvalue weighted by Gasteiger charge is 2.16. The minimum absolute atomic E-state index is 0.286. The molecule has 0 aliphatic rings. The highest BCUT2D eigenvalue weighted by molar-refractivity contribution is 7.10. The molecular formula is C14H16N2O2S. The second kappa shape index (κ2) is 5.84. The third-order valence-corrected chi connectivity index (χ3v) is 3.75. The van der Waals surface area contributed by atoms with Crippen molar-refractivity contribution in [3.63, 3.8) is 0 Å². The van der Waals surface area contributed by atoms with Crippen LogP contribution in [-0.2, 0) is 6.42 Å². The topological polar surface area (TPSA) is 62.2 Å². The van der Waals surface area contributed by atoms with E-state index in [0.717, 1.165) is 6.42 Å². The molecule has 0 aliphatic carbocycles. The van der Waals surface area contributed by atoms with Gasteiger partial charge in [-0.1, -0.05) is 29.8 Å². The van der Waals surface area contributed by atoms with Crippen molar-refractivity contribution in [1.29, 1.82) is 0 Å². The van der Waals surface area contributed by atoms with Crippen molar-refractivity contribution in [2.45, 2.75) is 20.3 Å². The van der Waals surface area contributed by atoms with E-state index in [-0.39, 0.29) is 5.56 Å². The van der Waals surface area contributed by atoms with Crippen molar-refractivity contribution in [2.75, 3.05) is 11.9 Å². The Kier molecular flexibility index (Phi) is 4.16. The Morgan fingerprint density at radius 1 is 1.42 bits per heavy atom. The number of carbonyl (C=O) groups is 1. The molecule has 19 heavy (non-hydrogen) atoms. The summed E-state index contributed by atoms with van der Waals surface area (Å²) < 4.78 is 4.08. The van der Waals surface area contributed by atoms with Gasteiger partial charge < -0.3 is 10.4 Å². The molecule has 1 aromatic heterocycles. The van der Waals surface area contributed by atoms with E-state index in [1.807, 2.05) is 6.07 Å². The molecular weight excluding hydrogens is 260 g/mol. The standard InChI is InChI=1S/C14H16N2O2S/c1-9-4-3-5-11(8-9)6-7-15-13-12(14(17)18)10(2)16-19-13/h3-5,8,15H,6-7H2,1-2H3,(H,17,18). The summed E-state index contributed by atoms with van der Waals surface area (Å²) in [7, 11) is 0. The normalized spacial score (nSPS) is 10.4. The number of rotatable bonds is 5. The molecule has 0 saturated carbocycles. The number of aryl methyl sites for hydroxylation is 2. The van der Waals surface area contributed by atoms with Gasteiger partial charge in [0.25, 0.3) is 0 Å². The number of benzene rings is 1. The Morgan fingerprint density at radius 3 is 2.89 bits per heavy atom. The van der Waals surface area contributed by atoms with E-state index in [9.17, 15) is 4.79 Å². The predicted octanol–water partition coefficient (Wildman–Crippen LogP) is 3.11. The molecule has 0 radical (unpaired) electrons. The van der Waals surface area contributed by atoms with Gasteiger partial charge in [0.05, 0.1) is 5.69 Å². The zero-order valence-corrected chi connectivity index (χ0v) is 11.8. The summed E-state index contributed by atoms with van der Waals surface area (Å²) in [6.45, 7) is 4.48. The molecule has 0 atom stereocenters. The number of nitrogens with zero attached hydrogens (tertiary/aromatic N) is 1. The van der Waals surface area contributed by atoms with E-state index in [2.05, 4.69) is 34.8 Å². The largest absolute Gasteiger partial charge is 0.478 e. The first-order valence-corrected chi connectivity index (χ1v) is 6.84. The van der Waals surface area contributed by atoms with E-state index >= 15 is 0 Å². The second-order valence-electron chi connectivity index (χ2n) is 4.44. The van der Waals surface area contributed by atoms with Crippen LogP contribution in [0.2, 0.25) is 0 Å². The molecule has 0 saturated heterocycles. The summed E-state index contributed by atoms with van der Waals surface area (Å²) in [5.41, 5.74) is 3.33. The van der Waals surface area contributed by atoms with Gasteiger partial charge in [-0.2, -0.15) is 4.37 Å². The van der Waals surface area contributed by atoms with Crippen LogP contribution in [0.3, 0.4) is 0 Å². The van der Waals surface area contributed by atoms with E-state index in [4.69, 9.17) is 5.11 Å². The average molecular weight is 276 g/mol. The summed E-state index contributed by atoms with van der Waals surface area (Å²) in [4.78, 5) is 11.1. The molecule has 0 aliphatic heterocycles. The SMILES string of the molecule is Cc1cccc(CCNc2snc(C)c2C(=O)O)c1. The van der Waals surface area contributed by atoms with Crippen LogP contribution in [0.4, 0.5) is 5.00 Å². The van der Waals surface area contributed by atoms with E-state index in [1.165, 1.54) is 22.7 Å². The zero-order chi connectivity index (χ0) is 13.8. The van der Waals surface area contributed by atoms with Gasteiger partial charge in [-0.25, -0.2) is 4.79 Å². The lowest BCUT2D eigenvalue weighted by Gasteiger charge is -2.05. The summed E-state index contributed by atoms with van der Waals surface area (Å²) >= 11 is 1.20. The number of carboxylic acids is 1. The first-order valence-electron chi connectivity index (χ1n) is 6.07. The number of aromatic nitrogens is 1. The van der Waals surface area contributed by atoms with E-state index in [1.54, 1.807) is 6.92 Å². The van der Waals surface area contributed by atoms with Crippen LogP contribution in [-0.4, -0.2) is 22.0 Å². The van der Waals surface area contributed by atoms with Crippen molar-refractivity contribution in [3.8, 4) is 0 Å². The van der Waals surface area contributed by atoms with Crippen LogP contribution in [0.15, 0.2) is 24.3 Å². The van der Waals surface area contributed by atoms with Gasteiger partial charge in [0, 0.05) is 6.54 Å². The molecule has 0 fully saturated rings. The maximum Gasteiger partial charge on any atom is 0.340 e. The van der Waals surface area contributed by atoms with Crippen LogP contribution in [0.1, 0.15) is 27.2 Å². The van der Waals surface area contributed by atoms with Gasteiger partial charge in [-0.05, 0) is 37.4 Å². The van der Waals surface area contributed by atoms with Crippen LogP contribution < -0.4 is 5.32 Å². The Morgan fingerprint density at radius 2 is 2.21 bits per heavy atom. The van der Waals surface area contributed by atoms with Crippen molar-refractivity contribution in [2.24, 2.45) is 0 Å². The molecule has 2 N–H and O–H groups in total. The summed E-state index contributed by atoms with van der Waals surface area (Å²) in [5, 5.41) is 12.9. The van der Waals surface area contributed by atoms with Gasteiger partial charge in [0.2, 0.25) is 0 Å². The van der Waals surface area contributed by atoms with Gasteiger partial charge in [0.1, 0.15) is 10.6 Å². The van der Waals surface area contributed by atoms with E-state index < -0.39 is 5.97 Å². The maximum absolute atomic E-state index is 11.1. The zero-order valence-electron chi connectivity index (χ0n) is 10.9.